The number of anilines is 1. The van der Waals surface area contributed by atoms with E-state index < -0.39 is 0 Å². The Morgan fingerprint density at radius 3 is 3.10 bits per heavy atom. The summed E-state index contributed by atoms with van der Waals surface area (Å²) in [5, 5.41) is 3.22. The summed E-state index contributed by atoms with van der Waals surface area (Å²) in [7, 11) is 0. The van der Waals surface area contributed by atoms with Crippen molar-refractivity contribution in [2.24, 2.45) is 0 Å². The molecule has 5 heteroatoms. The number of nitrogens with zero attached hydrogens (tertiary/aromatic N) is 2. The van der Waals surface area contributed by atoms with Crippen LogP contribution in [0.15, 0.2) is 18.2 Å². The molecule has 1 aliphatic heterocycles. The van der Waals surface area contributed by atoms with E-state index >= 15 is 0 Å². The number of pyridine rings is 1. The Morgan fingerprint density at radius 2 is 2.33 bits per heavy atom. The first kappa shape index (κ1) is 15.8. The van der Waals surface area contributed by atoms with Crippen molar-refractivity contribution in [3.8, 4) is 0 Å². The Hall–Kier alpha value is -1.62. The van der Waals surface area contributed by atoms with Gasteiger partial charge in [0.05, 0.1) is 6.10 Å². The van der Waals surface area contributed by atoms with Crippen LogP contribution in [0.2, 0.25) is 0 Å². The minimum absolute atomic E-state index is 0.000415. The second-order valence-corrected chi connectivity index (χ2v) is 5.31. The van der Waals surface area contributed by atoms with E-state index in [1.165, 1.54) is 0 Å². The fraction of sp³-hybridized carbons (Fsp3) is 0.625. The molecule has 2 heterocycles. The third kappa shape index (κ3) is 4.43. The second kappa shape index (κ2) is 7.98. The van der Waals surface area contributed by atoms with E-state index in [1.807, 2.05) is 24.0 Å². The number of piperidine rings is 1. The summed E-state index contributed by atoms with van der Waals surface area (Å²) in [4.78, 5) is 18.8. The van der Waals surface area contributed by atoms with Crippen LogP contribution >= 0.6 is 0 Å². The van der Waals surface area contributed by atoms with Crippen molar-refractivity contribution in [2.75, 3.05) is 31.6 Å². The summed E-state index contributed by atoms with van der Waals surface area (Å²) < 4.78 is 5.65. The summed E-state index contributed by atoms with van der Waals surface area (Å²) >= 11 is 0. The fourth-order valence-corrected chi connectivity index (χ4v) is 2.56. The third-order valence-corrected chi connectivity index (χ3v) is 3.59. The maximum absolute atomic E-state index is 12.6. The van der Waals surface area contributed by atoms with Crippen LogP contribution in [0.25, 0.3) is 0 Å². The van der Waals surface area contributed by atoms with Gasteiger partial charge in [0.1, 0.15) is 11.5 Å². The monoisotopic (exact) mass is 291 g/mol. The van der Waals surface area contributed by atoms with E-state index in [9.17, 15) is 4.79 Å². The van der Waals surface area contributed by atoms with E-state index in [2.05, 4.69) is 17.2 Å². The number of hydrogen-bond donors (Lipinski definition) is 1. The molecule has 0 saturated carbocycles. The standard InChI is InChI=1S/C16H25N3O2/c1-3-10-17-15-9-5-8-14(18-15)16(20)19-11-6-7-13(12-19)21-4-2/h5,8-9,13H,3-4,6-7,10-12H2,1-2H3,(H,17,18). The molecular formula is C16H25N3O2. The van der Waals surface area contributed by atoms with E-state index in [0.29, 0.717) is 18.8 Å². The largest absolute Gasteiger partial charge is 0.377 e. The van der Waals surface area contributed by atoms with Crippen molar-refractivity contribution in [1.29, 1.82) is 0 Å². The van der Waals surface area contributed by atoms with Gasteiger partial charge in [-0.05, 0) is 38.3 Å². The average molecular weight is 291 g/mol. The molecule has 0 aliphatic carbocycles. The Balaban J connectivity index is 2.01. The van der Waals surface area contributed by atoms with Gasteiger partial charge < -0.3 is 15.0 Å². The van der Waals surface area contributed by atoms with Gasteiger partial charge in [-0.1, -0.05) is 13.0 Å². The normalized spacial score (nSPS) is 18.6. The molecule has 1 atom stereocenters. The average Bonchev–Trinajstić information content (AvgIpc) is 2.53. The van der Waals surface area contributed by atoms with Crippen LogP contribution in [0.4, 0.5) is 5.82 Å². The third-order valence-electron chi connectivity index (χ3n) is 3.59. The number of aromatic nitrogens is 1. The predicted octanol–water partition coefficient (Wildman–Crippen LogP) is 2.54. The zero-order valence-corrected chi connectivity index (χ0v) is 13.0. The molecule has 1 aliphatic rings. The summed E-state index contributed by atoms with van der Waals surface area (Å²) in [6, 6.07) is 5.55. The zero-order valence-electron chi connectivity index (χ0n) is 13.0. The van der Waals surface area contributed by atoms with Gasteiger partial charge in [-0.2, -0.15) is 0 Å². The first-order valence-electron chi connectivity index (χ1n) is 7.86. The summed E-state index contributed by atoms with van der Waals surface area (Å²) in [5.41, 5.74) is 0.508. The molecule has 5 nitrogen and oxygen atoms in total. The van der Waals surface area contributed by atoms with Gasteiger partial charge in [0.2, 0.25) is 0 Å². The SMILES string of the molecule is CCCNc1cccc(C(=O)N2CCCC(OCC)C2)n1. The van der Waals surface area contributed by atoms with Crippen molar-refractivity contribution in [3.05, 3.63) is 23.9 Å². The van der Waals surface area contributed by atoms with Gasteiger partial charge in [-0.15, -0.1) is 0 Å². The molecule has 0 spiro atoms. The molecule has 0 bridgehead atoms. The number of nitrogens with one attached hydrogen (secondary N) is 1. The lowest BCUT2D eigenvalue weighted by Crippen LogP contribution is -2.43. The minimum Gasteiger partial charge on any atom is -0.377 e. The van der Waals surface area contributed by atoms with Gasteiger partial charge in [-0.3, -0.25) is 4.79 Å². The second-order valence-electron chi connectivity index (χ2n) is 5.31. The van der Waals surface area contributed by atoms with Crippen LogP contribution in [0.3, 0.4) is 0 Å². The molecule has 21 heavy (non-hydrogen) atoms. The zero-order chi connectivity index (χ0) is 15.1. The van der Waals surface area contributed by atoms with Gasteiger partial charge in [0, 0.05) is 26.2 Å². The van der Waals surface area contributed by atoms with Crippen LogP contribution in [-0.2, 0) is 4.74 Å². The number of hydrogen-bond acceptors (Lipinski definition) is 4. The Labute approximate surface area is 126 Å². The Morgan fingerprint density at radius 1 is 1.48 bits per heavy atom. The van der Waals surface area contributed by atoms with Gasteiger partial charge in [0.15, 0.2) is 0 Å². The lowest BCUT2D eigenvalue weighted by Gasteiger charge is -2.32. The highest BCUT2D eigenvalue weighted by molar-refractivity contribution is 5.92. The van der Waals surface area contributed by atoms with Gasteiger partial charge >= 0.3 is 0 Å². The van der Waals surface area contributed by atoms with Crippen molar-refractivity contribution in [2.45, 2.75) is 39.2 Å². The highest BCUT2D eigenvalue weighted by Crippen LogP contribution is 2.16. The maximum atomic E-state index is 12.6. The summed E-state index contributed by atoms with van der Waals surface area (Å²) in [5.74, 6) is 0.764. The smallest absolute Gasteiger partial charge is 0.272 e. The lowest BCUT2D eigenvalue weighted by atomic mass is 10.1. The maximum Gasteiger partial charge on any atom is 0.272 e. The molecule has 0 aromatic carbocycles. The van der Waals surface area contributed by atoms with Crippen molar-refractivity contribution < 1.29 is 9.53 Å². The van der Waals surface area contributed by atoms with Crippen molar-refractivity contribution in [3.63, 3.8) is 0 Å². The summed E-state index contributed by atoms with van der Waals surface area (Å²) in [6.45, 7) is 7.11. The highest BCUT2D eigenvalue weighted by atomic mass is 16.5. The molecule has 2 rings (SSSR count). The van der Waals surface area contributed by atoms with Crippen molar-refractivity contribution >= 4 is 11.7 Å². The molecule has 1 aromatic heterocycles. The fourth-order valence-electron chi connectivity index (χ4n) is 2.56. The molecule has 1 N–H and O–H groups in total. The number of likely N-dealkylation sites (tertiary alicyclic amines) is 1. The minimum atomic E-state index is -0.000415. The molecule has 1 fully saturated rings. The van der Waals surface area contributed by atoms with Crippen LogP contribution < -0.4 is 5.32 Å². The number of rotatable bonds is 6. The number of ether oxygens (including phenoxy) is 1. The van der Waals surface area contributed by atoms with E-state index in [4.69, 9.17) is 4.74 Å². The number of amides is 1. The molecule has 0 radical (unpaired) electrons. The Kier molecular flexibility index (Phi) is 5.99. The van der Waals surface area contributed by atoms with Crippen LogP contribution in [0, 0.1) is 0 Å². The summed E-state index contributed by atoms with van der Waals surface area (Å²) in [6.07, 6.45) is 3.21. The molecule has 1 aromatic rings. The number of carbonyl (C=O) groups is 1. The molecular weight excluding hydrogens is 266 g/mol. The van der Waals surface area contributed by atoms with E-state index in [1.54, 1.807) is 6.07 Å². The van der Waals surface area contributed by atoms with Crippen LogP contribution in [-0.4, -0.2) is 48.1 Å². The van der Waals surface area contributed by atoms with Crippen molar-refractivity contribution in [1.82, 2.24) is 9.88 Å². The molecule has 1 unspecified atom stereocenters. The molecule has 1 saturated heterocycles. The highest BCUT2D eigenvalue weighted by Gasteiger charge is 2.25. The quantitative estimate of drug-likeness (QED) is 0.875. The van der Waals surface area contributed by atoms with Gasteiger partial charge in [0.25, 0.3) is 5.91 Å². The van der Waals surface area contributed by atoms with Crippen LogP contribution in [0.1, 0.15) is 43.6 Å². The van der Waals surface area contributed by atoms with Crippen LogP contribution in [0.5, 0.6) is 0 Å². The van der Waals surface area contributed by atoms with E-state index in [0.717, 1.165) is 38.2 Å². The number of carbonyl (C=O) groups excluding carboxylic acids is 1. The molecule has 116 valence electrons. The van der Waals surface area contributed by atoms with E-state index in [-0.39, 0.29) is 12.0 Å². The lowest BCUT2D eigenvalue weighted by molar-refractivity contribution is 0.00704. The Bertz CT molecular complexity index is 463. The predicted molar refractivity (Wildman–Crippen MR) is 83.6 cm³/mol. The van der Waals surface area contributed by atoms with Gasteiger partial charge in [-0.25, -0.2) is 4.98 Å². The topological polar surface area (TPSA) is 54.5 Å². The first-order chi connectivity index (χ1) is 10.2. The first-order valence-corrected chi connectivity index (χ1v) is 7.86. The molecule has 1 amide bonds.